The zero-order valence-corrected chi connectivity index (χ0v) is 11.7. The van der Waals surface area contributed by atoms with Gasteiger partial charge in [0.05, 0.1) is 12.5 Å². The van der Waals surface area contributed by atoms with Gasteiger partial charge in [-0.25, -0.2) is 0 Å². The third-order valence-corrected chi connectivity index (χ3v) is 4.08. The Kier molecular flexibility index (Phi) is 5.98. The van der Waals surface area contributed by atoms with Crippen molar-refractivity contribution in [3.63, 3.8) is 0 Å². The van der Waals surface area contributed by atoms with Crippen molar-refractivity contribution in [3.05, 3.63) is 0 Å². The molecule has 0 aromatic carbocycles. The molecule has 2 atom stereocenters. The Bertz CT molecular complexity index is 284. The minimum atomic E-state index is -0.289. The number of nitrogens with one attached hydrogen (secondary N) is 1. The predicted octanol–water partition coefficient (Wildman–Crippen LogP) is 1.26. The van der Waals surface area contributed by atoms with E-state index in [4.69, 9.17) is 0 Å². The average molecular weight is 258 g/mol. The monoisotopic (exact) mass is 258 g/mol. The fourth-order valence-electron chi connectivity index (χ4n) is 1.88. The van der Waals surface area contributed by atoms with Crippen molar-refractivity contribution in [2.24, 2.45) is 0 Å². The summed E-state index contributed by atoms with van der Waals surface area (Å²) in [5, 5.41) is 3.77. The van der Waals surface area contributed by atoms with Gasteiger partial charge in [0.2, 0.25) is 11.8 Å². The Morgan fingerprint density at radius 1 is 1.53 bits per heavy atom. The molecule has 1 aliphatic rings. The van der Waals surface area contributed by atoms with E-state index in [0.29, 0.717) is 18.2 Å². The zero-order chi connectivity index (χ0) is 12.8. The van der Waals surface area contributed by atoms with Crippen molar-refractivity contribution in [2.75, 3.05) is 19.3 Å². The lowest BCUT2D eigenvalue weighted by molar-refractivity contribution is -0.138. The number of hydrogen-bond acceptors (Lipinski definition) is 4. The number of hydrogen-bond donors (Lipinski definition) is 1. The molecule has 2 amide bonds. The highest BCUT2D eigenvalue weighted by atomic mass is 32.2. The third-order valence-electron chi connectivity index (χ3n) is 3.04. The molecule has 1 rings (SSSR count). The van der Waals surface area contributed by atoms with Crippen molar-refractivity contribution in [1.82, 2.24) is 10.2 Å². The van der Waals surface area contributed by atoms with Gasteiger partial charge in [0, 0.05) is 11.8 Å². The highest BCUT2D eigenvalue weighted by Crippen LogP contribution is 2.14. The summed E-state index contributed by atoms with van der Waals surface area (Å²) in [7, 11) is 0. The predicted molar refractivity (Wildman–Crippen MR) is 71.0 cm³/mol. The minimum absolute atomic E-state index is 0.0349. The zero-order valence-electron chi connectivity index (χ0n) is 10.9. The van der Waals surface area contributed by atoms with E-state index in [2.05, 4.69) is 18.5 Å². The van der Waals surface area contributed by atoms with Gasteiger partial charge in [-0.1, -0.05) is 13.8 Å². The Hall–Kier alpha value is -0.550. The van der Waals surface area contributed by atoms with Crippen LogP contribution in [0, 0.1) is 0 Å². The summed E-state index contributed by atoms with van der Waals surface area (Å²) in [5.74, 6) is -0.0825. The van der Waals surface area contributed by atoms with Gasteiger partial charge in [-0.05, 0) is 25.6 Å². The summed E-state index contributed by atoms with van der Waals surface area (Å²) < 4.78 is 0. The summed E-state index contributed by atoms with van der Waals surface area (Å²) in [6.07, 6.45) is 4.25. The van der Waals surface area contributed by atoms with Gasteiger partial charge < -0.3 is 5.32 Å². The number of carbonyl (C=O) groups is 2. The molecular formula is C12H22N2O2S. The van der Waals surface area contributed by atoms with Gasteiger partial charge in [0.1, 0.15) is 0 Å². The first-order chi connectivity index (χ1) is 8.10. The number of likely N-dealkylation sites (tertiary alicyclic amines) is 1. The quantitative estimate of drug-likeness (QED) is 0.698. The molecule has 98 valence electrons. The molecule has 1 saturated heterocycles. The molecular weight excluding hydrogens is 236 g/mol. The molecule has 2 unspecified atom stereocenters. The van der Waals surface area contributed by atoms with Crippen LogP contribution >= 0.6 is 11.8 Å². The number of amides is 2. The van der Waals surface area contributed by atoms with Gasteiger partial charge >= 0.3 is 0 Å². The van der Waals surface area contributed by atoms with Crippen LogP contribution in [0.15, 0.2) is 0 Å². The summed E-state index contributed by atoms with van der Waals surface area (Å²) in [6, 6.07) is -0.289. The smallest absolute Gasteiger partial charge is 0.246 e. The Morgan fingerprint density at radius 3 is 2.82 bits per heavy atom. The van der Waals surface area contributed by atoms with E-state index >= 15 is 0 Å². The van der Waals surface area contributed by atoms with E-state index in [1.54, 1.807) is 0 Å². The van der Waals surface area contributed by atoms with Crippen molar-refractivity contribution in [3.8, 4) is 0 Å². The number of imide groups is 1. The second kappa shape index (κ2) is 7.01. The van der Waals surface area contributed by atoms with Crippen molar-refractivity contribution in [2.45, 2.75) is 44.4 Å². The van der Waals surface area contributed by atoms with E-state index in [9.17, 15) is 9.59 Å². The van der Waals surface area contributed by atoms with Crippen LogP contribution in [0.25, 0.3) is 0 Å². The molecule has 0 saturated carbocycles. The Labute approximate surface area is 108 Å². The molecule has 0 aliphatic carbocycles. The van der Waals surface area contributed by atoms with Crippen LogP contribution in [0.3, 0.4) is 0 Å². The van der Waals surface area contributed by atoms with Crippen LogP contribution in [-0.2, 0) is 9.59 Å². The number of rotatable bonds is 7. The van der Waals surface area contributed by atoms with Crippen molar-refractivity contribution in [1.29, 1.82) is 0 Å². The summed E-state index contributed by atoms with van der Waals surface area (Å²) in [4.78, 5) is 24.9. The van der Waals surface area contributed by atoms with E-state index in [1.165, 1.54) is 4.90 Å². The largest absolute Gasteiger partial charge is 0.305 e. The van der Waals surface area contributed by atoms with Gasteiger partial charge in [0.15, 0.2) is 0 Å². The van der Waals surface area contributed by atoms with Crippen molar-refractivity contribution >= 4 is 23.6 Å². The van der Waals surface area contributed by atoms with Crippen LogP contribution in [0.2, 0.25) is 0 Å². The molecule has 0 spiro atoms. The first kappa shape index (κ1) is 14.5. The van der Waals surface area contributed by atoms with Gasteiger partial charge in [-0.3, -0.25) is 14.5 Å². The van der Waals surface area contributed by atoms with Crippen LogP contribution in [0.1, 0.15) is 33.1 Å². The SMILES string of the molecule is CCCN1C(=O)CC(NCCC(C)SC)C1=O. The number of carbonyl (C=O) groups excluding carboxylic acids is 2. The standard InChI is InChI=1S/C12H22N2O2S/c1-4-7-14-11(15)8-10(12(14)16)13-6-5-9(2)17-3/h9-10,13H,4-8H2,1-3H3. The third kappa shape index (κ3) is 4.00. The van der Waals surface area contributed by atoms with Crippen LogP contribution in [0.5, 0.6) is 0 Å². The maximum atomic E-state index is 11.9. The molecule has 0 aromatic rings. The molecule has 0 radical (unpaired) electrons. The number of nitrogens with zero attached hydrogens (tertiary/aromatic N) is 1. The average Bonchev–Trinajstić information content (AvgIpc) is 2.57. The molecule has 1 fully saturated rings. The molecule has 1 aliphatic heterocycles. The Balaban J connectivity index is 2.36. The molecule has 0 bridgehead atoms. The molecule has 17 heavy (non-hydrogen) atoms. The van der Waals surface area contributed by atoms with E-state index in [0.717, 1.165) is 19.4 Å². The maximum Gasteiger partial charge on any atom is 0.246 e. The van der Waals surface area contributed by atoms with E-state index in [-0.39, 0.29) is 17.9 Å². The lowest BCUT2D eigenvalue weighted by atomic mass is 10.2. The summed E-state index contributed by atoms with van der Waals surface area (Å²) >= 11 is 1.82. The maximum absolute atomic E-state index is 11.9. The molecule has 1 heterocycles. The summed E-state index contributed by atoms with van der Waals surface area (Å²) in [6.45, 7) is 5.49. The highest BCUT2D eigenvalue weighted by Gasteiger charge is 2.37. The lowest BCUT2D eigenvalue weighted by Crippen LogP contribution is -2.39. The van der Waals surface area contributed by atoms with Gasteiger partial charge in [-0.2, -0.15) is 11.8 Å². The normalized spacial score (nSPS) is 22.3. The second-order valence-corrected chi connectivity index (χ2v) is 5.71. The topological polar surface area (TPSA) is 49.4 Å². The van der Waals surface area contributed by atoms with Crippen LogP contribution in [0.4, 0.5) is 0 Å². The fourth-order valence-corrected chi connectivity index (χ4v) is 2.23. The van der Waals surface area contributed by atoms with Crippen LogP contribution < -0.4 is 5.32 Å². The van der Waals surface area contributed by atoms with Gasteiger partial charge in [0.25, 0.3) is 0 Å². The molecule has 0 aromatic heterocycles. The highest BCUT2D eigenvalue weighted by molar-refractivity contribution is 7.99. The lowest BCUT2D eigenvalue weighted by Gasteiger charge is -2.15. The second-order valence-electron chi connectivity index (χ2n) is 4.43. The first-order valence-electron chi connectivity index (χ1n) is 6.20. The van der Waals surface area contributed by atoms with Crippen LogP contribution in [-0.4, -0.2) is 47.4 Å². The molecule has 4 nitrogen and oxygen atoms in total. The van der Waals surface area contributed by atoms with E-state index in [1.807, 2.05) is 18.7 Å². The minimum Gasteiger partial charge on any atom is -0.305 e. The fraction of sp³-hybridized carbons (Fsp3) is 0.833. The number of thioether (sulfide) groups is 1. The Morgan fingerprint density at radius 2 is 2.24 bits per heavy atom. The molecule has 5 heteroatoms. The first-order valence-corrected chi connectivity index (χ1v) is 7.49. The van der Waals surface area contributed by atoms with E-state index < -0.39 is 0 Å². The van der Waals surface area contributed by atoms with Gasteiger partial charge in [-0.15, -0.1) is 0 Å². The molecule has 1 N–H and O–H groups in total. The van der Waals surface area contributed by atoms with Crippen molar-refractivity contribution < 1.29 is 9.59 Å². The summed E-state index contributed by atoms with van der Waals surface area (Å²) in [5.41, 5.74) is 0.